The number of halogens is 8. The number of carboxylic acids is 3. The molecule has 0 unspecified atom stereocenters. The minimum Gasteiger partial charge on any atom is -0.505 e. The van der Waals surface area contributed by atoms with Gasteiger partial charge in [-0.1, -0.05) is 71.2 Å². The summed E-state index contributed by atoms with van der Waals surface area (Å²) in [6, 6.07) is 20.8. The molecule has 0 saturated heterocycles. The van der Waals surface area contributed by atoms with E-state index < -0.39 is 129 Å². The molecule has 0 aliphatic heterocycles. The maximum absolute atomic E-state index is 13.3. The Hall–Kier alpha value is -10.7. The van der Waals surface area contributed by atoms with E-state index in [2.05, 4.69) is 10.3 Å². The summed E-state index contributed by atoms with van der Waals surface area (Å²) in [5, 5.41) is 64.6. The zero-order valence-electron chi connectivity index (χ0n) is 45.1. The number of aromatic nitrogens is 7. The van der Waals surface area contributed by atoms with E-state index in [0.29, 0.717) is 16.8 Å². The predicted molar refractivity (Wildman–Crippen MR) is 306 cm³/mol. The second-order valence-electron chi connectivity index (χ2n) is 19.0. The second-order valence-corrected chi connectivity index (χ2v) is 20.2. The summed E-state index contributed by atoms with van der Waals surface area (Å²) < 4.78 is 73.1. The highest BCUT2D eigenvalue weighted by Crippen LogP contribution is 2.36. The first kappa shape index (κ1) is 64.3. The number of nitrogens with zero attached hydrogens (tertiary/aromatic N) is 7. The van der Waals surface area contributed by atoms with Gasteiger partial charge in [0.25, 0.3) is 34.4 Å². The first-order valence-electron chi connectivity index (χ1n) is 25.3. The molecule has 25 nitrogen and oxygen atoms in total. The fourth-order valence-electron chi connectivity index (χ4n) is 8.83. The monoisotopic (exact) mass is 1290 g/mol. The van der Waals surface area contributed by atoms with Crippen LogP contribution < -0.4 is 32.6 Å². The van der Waals surface area contributed by atoms with Gasteiger partial charge in [-0.15, -0.1) is 0 Å². The van der Waals surface area contributed by atoms with Crippen LogP contribution in [0.2, 0.25) is 15.2 Å². The van der Waals surface area contributed by atoms with Crippen LogP contribution >= 0.6 is 34.8 Å². The maximum atomic E-state index is 13.3. The van der Waals surface area contributed by atoms with Gasteiger partial charge in [-0.25, -0.2) is 31.9 Å². The molecule has 1 atom stereocenters. The number of pyridine rings is 1. The van der Waals surface area contributed by atoms with Crippen LogP contribution in [0, 0.1) is 11.6 Å². The van der Waals surface area contributed by atoms with Gasteiger partial charge in [0.15, 0.2) is 17.2 Å². The molecule has 0 fully saturated rings. The number of alkyl halides is 3. The minimum absolute atomic E-state index is 0.0101. The van der Waals surface area contributed by atoms with Crippen LogP contribution in [-0.4, -0.2) is 118 Å². The molecule has 0 aliphatic carbocycles. The number of amides is 3. The zero-order valence-corrected chi connectivity index (χ0v) is 47.4. The molecular weight excluding hydrogens is 1250 g/mol. The van der Waals surface area contributed by atoms with Crippen LogP contribution in [0.1, 0.15) is 60.4 Å². The van der Waals surface area contributed by atoms with Gasteiger partial charge in [0.05, 0.1) is 46.5 Å². The Morgan fingerprint density at radius 2 is 1.08 bits per heavy atom. The third-order valence-electron chi connectivity index (χ3n) is 13.0. The number of nitrogens with one attached hydrogen (secondary N) is 3. The molecule has 7 heterocycles. The summed E-state index contributed by atoms with van der Waals surface area (Å²) in [4.78, 5) is 113. The van der Waals surface area contributed by atoms with Crippen LogP contribution in [0.25, 0.3) is 27.5 Å². The van der Waals surface area contributed by atoms with Crippen molar-refractivity contribution in [2.75, 3.05) is 13.1 Å². The Morgan fingerprint density at radius 3 is 1.57 bits per heavy atom. The number of fused-ring (bicyclic) bond motifs is 5. The molecule has 0 aliphatic rings. The van der Waals surface area contributed by atoms with Crippen molar-refractivity contribution in [3.8, 4) is 17.2 Å². The van der Waals surface area contributed by atoms with Crippen molar-refractivity contribution in [2.24, 2.45) is 0 Å². The quantitative estimate of drug-likeness (QED) is 0.0516. The van der Waals surface area contributed by atoms with Gasteiger partial charge in [0.2, 0.25) is 0 Å². The van der Waals surface area contributed by atoms with Crippen molar-refractivity contribution in [3.05, 3.63) is 212 Å². The molecule has 9 N–H and O–H groups in total. The fraction of sp³-hybridized carbons (Fsp3) is 0.143. The molecule has 0 spiro atoms. The summed E-state index contributed by atoms with van der Waals surface area (Å²) in [5.74, 6) is -10.4. The molecule has 3 aromatic carbocycles. The van der Waals surface area contributed by atoms with E-state index in [1.807, 2.05) is 10.6 Å². The SMILES string of the molecule is C[C@H](NC(=O)c1c(O)c2cc(Cl)cn2n(Cc2ccccn2)c1=O)C(=O)O.O=C(O)CNC(=O)c1c(O)c2cc(Cl)c(Cl)n2n(Cc2ccc(F)cc2)c1=O.O=C(O)CNC(=O)c1c(O)c2cc3ccc(C(F)(F)F)cc3n2n(Cc2ccc(F)cc2)c1=O. The lowest BCUT2D eigenvalue weighted by molar-refractivity contribution is -0.139. The lowest BCUT2D eigenvalue weighted by atomic mass is 10.1. The van der Waals surface area contributed by atoms with Crippen molar-refractivity contribution in [2.45, 2.75) is 38.8 Å². The van der Waals surface area contributed by atoms with Gasteiger partial charge in [-0.3, -0.25) is 52.7 Å². The second kappa shape index (κ2) is 26.1. The topological polar surface area (TPSA) is 352 Å². The smallest absolute Gasteiger partial charge is 0.416 e. The molecule has 0 bridgehead atoms. The third kappa shape index (κ3) is 13.8. The standard InChI is InChI=1S/C22H15F4N3O5.C17H12Cl2FN3O5.C17H15ClN4O5/c23-14-5-1-11(2-6-14)10-28-21(34)18(20(33)27-9-17(30)31)19(32)16-7-12-3-4-13(22(24,25)26)8-15(12)29(16)28;18-10-5-11-14(26)13(16(27)21-6-12(24)25)17(28)22(23(11)15(10)19)7-8-1-3-9(20)4-2-8;1-9(17(26)27)20-15(24)13-14(23)12-6-10(18)7-21(12)22(16(13)25)8-11-4-2-3-5-19-11/h1-8,32H,9-10H2,(H,27,33)(H,30,31);1-5,26H,6-7H2,(H,21,27)(H,24,25);2-7,9,23H,8H2,1H3,(H,20,24)(H,26,27)/t;;9-/m..0/s1. The molecule has 462 valence electrons. The highest BCUT2D eigenvalue weighted by atomic mass is 35.5. The summed E-state index contributed by atoms with van der Waals surface area (Å²) in [6.07, 6.45) is -1.70. The van der Waals surface area contributed by atoms with Gasteiger partial charge in [-0.05, 0) is 84.8 Å². The first-order chi connectivity index (χ1) is 42.0. The number of rotatable bonds is 15. The van der Waals surface area contributed by atoms with Crippen LogP contribution in [0.4, 0.5) is 22.0 Å². The Bertz CT molecular complexity index is 4680. The molecule has 7 aromatic heterocycles. The lowest BCUT2D eigenvalue weighted by Gasteiger charge is -2.16. The van der Waals surface area contributed by atoms with Crippen molar-refractivity contribution in [1.82, 2.24) is 48.5 Å². The van der Waals surface area contributed by atoms with E-state index in [1.165, 1.54) is 76.9 Å². The number of carbonyl (C=O) groups excluding carboxylic acids is 3. The summed E-state index contributed by atoms with van der Waals surface area (Å²) >= 11 is 18.1. The Labute approximate surface area is 507 Å². The van der Waals surface area contributed by atoms with E-state index in [1.54, 1.807) is 24.4 Å². The van der Waals surface area contributed by atoms with E-state index in [9.17, 15) is 80.4 Å². The lowest BCUT2D eigenvalue weighted by Crippen LogP contribution is -2.42. The van der Waals surface area contributed by atoms with Crippen molar-refractivity contribution < 1.29 is 81.4 Å². The Morgan fingerprint density at radius 1 is 0.584 bits per heavy atom. The summed E-state index contributed by atoms with van der Waals surface area (Å²) in [7, 11) is 0. The molecule has 3 amide bonds. The zero-order chi connectivity index (χ0) is 65.1. The van der Waals surface area contributed by atoms with Crippen LogP contribution in [-0.2, 0) is 40.2 Å². The largest absolute Gasteiger partial charge is 0.505 e. The molecule has 10 aromatic rings. The van der Waals surface area contributed by atoms with E-state index in [0.717, 1.165) is 48.7 Å². The minimum atomic E-state index is -4.68. The molecule has 89 heavy (non-hydrogen) atoms. The van der Waals surface area contributed by atoms with Crippen molar-refractivity contribution >= 4 is 97.9 Å². The number of hydrogen-bond donors (Lipinski definition) is 9. The Kier molecular flexibility index (Phi) is 18.8. The van der Waals surface area contributed by atoms with E-state index >= 15 is 0 Å². The van der Waals surface area contributed by atoms with Gasteiger partial charge < -0.3 is 46.6 Å². The van der Waals surface area contributed by atoms with Gasteiger partial charge in [-0.2, -0.15) is 13.2 Å². The van der Waals surface area contributed by atoms with Crippen LogP contribution in [0.5, 0.6) is 17.2 Å². The number of aromatic hydroxyl groups is 3. The highest BCUT2D eigenvalue weighted by molar-refractivity contribution is 6.42. The van der Waals surface area contributed by atoms with Gasteiger partial charge >= 0.3 is 24.1 Å². The number of aliphatic carboxylic acids is 3. The predicted octanol–water partition coefficient (Wildman–Crippen LogP) is 6.20. The van der Waals surface area contributed by atoms with Crippen LogP contribution in [0.15, 0.2) is 130 Å². The molecule has 10 rings (SSSR count). The van der Waals surface area contributed by atoms with E-state index in [-0.39, 0.29) is 62.3 Å². The molecule has 0 radical (unpaired) electrons. The first-order valence-corrected chi connectivity index (χ1v) is 26.5. The number of benzene rings is 3. The molecule has 33 heteroatoms. The summed E-state index contributed by atoms with van der Waals surface area (Å²) in [6.45, 7) is -0.746. The maximum Gasteiger partial charge on any atom is 0.416 e. The summed E-state index contributed by atoms with van der Waals surface area (Å²) in [5.41, 5.74) is -4.56. The van der Waals surface area contributed by atoms with Crippen LogP contribution in [0.3, 0.4) is 0 Å². The third-order valence-corrected chi connectivity index (χ3v) is 14.0. The van der Waals surface area contributed by atoms with Crippen molar-refractivity contribution in [1.29, 1.82) is 0 Å². The normalized spacial score (nSPS) is 11.6. The van der Waals surface area contributed by atoms with Gasteiger partial charge in [0, 0.05) is 17.8 Å². The van der Waals surface area contributed by atoms with Gasteiger partial charge in [0.1, 0.15) is 69.2 Å². The average Bonchev–Trinajstić information content (AvgIpc) is 1.68. The Balaban J connectivity index is 0.000000174. The average molecular weight is 1300 g/mol. The number of carboxylic acid groups (broad SMARTS) is 3. The highest BCUT2D eigenvalue weighted by Gasteiger charge is 2.33. The van der Waals surface area contributed by atoms with Crippen molar-refractivity contribution in [3.63, 3.8) is 0 Å². The molecule has 0 saturated carbocycles. The number of carbonyl (C=O) groups is 6. The fourth-order valence-corrected chi connectivity index (χ4v) is 9.45. The number of hydrogen-bond acceptors (Lipinski definition) is 13. The molecular formula is C56H42Cl3F5N10O15. The van der Waals surface area contributed by atoms with E-state index in [4.69, 9.17) is 50.1 Å².